The number of hydrogen-bond acceptors (Lipinski definition) is 0. The molecule has 0 saturated heterocycles. The summed E-state index contributed by atoms with van der Waals surface area (Å²) in [4.78, 5) is 0. The third-order valence-corrected chi connectivity index (χ3v) is 12.0. The van der Waals surface area contributed by atoms with E-state index in [1.165, 1.54) is 66.1 Å². The van der Waals surface area contributed by atoms with Crippen molar-refractivity contribution in [3.63, 3.8) is 0 Å². The zero-order valence-corrected chi connectivity index (χ0v) is 36.9. The van der Waals surface area contributed by atoms with E-state index in [0.29, 0.717) is 0 Å². The van der Waals surface area contributed by atoms with Gasteiger partial charge < -0.3 is 0 Å². The predicted molar refractivity (Wildman–Crippen MR) is 245 cm³/mol. The van der Waals surface area contributed by atoms with Gasteiger partial charge in [-0.1, -0.05) is 76.9 Å². The van der Waals surface area contributed by atoms with E-state index in [0.717, 1.165) is 6.42 Å². The molecular formula is C52H52Cl2Zr-2. The maximum absolute atomic E-state index is 2.99. The zero-order chi connectivity index (χ0) is 37.3. The number of hydrogen-bond donors (Lipinski definition) is 0. The van der Waals surface area contributed by atoms with E-state index in [1.807, 2.05) is 12.2 Å². The van der Waals surface area contributed by atoms with E-state index in [4.69, 9.17) is 0 Å². The molecule has 0 N–H and O–H groups in total. The second kappa shape index (κ2) is 20.2. The SMILES string of the molecule is CC(C)(C)c1ccc2c(c1)[cH-]c1cc(C(C)(C)C)ccc12.Cl.Cl.[C-]1=CC=CC1.[CH](=[Zr]=[CH]c1ccc(-c2ccccc2)cc1)c1ccc(-c2ccccc2)cc1. The minimum atomic E-state index is -0.679. The van der Waals surface area contributed by atoms with Crippen molar-refractivity contribution < 1.29 is 22.3 Å². The van der Waals surface area contributed by atoms with Gasteiger partial charge in [-0.25, -0.2) is 12.2 Å². The number of halogens is 2. The number of allylic oxidation sites excluding steroid dienone is 4. The topological polar surface area (TPSA) is 0 Å². The van der Waals surface area contributed by atoms with Crippen LogP contribution >= 0.6 is 24.8 Å². The van der Waals surface area contributed by atoms with Gasteiger partial charge >= 0.3 is 172 Å². The number of fused-ring (bicyclic) bond motifs is 3. The summed E-state index contributed by atoms with van der Waals surface area (Å²) in [7, 11) is 0. The van der Waals surface area contributed by atoms with Crippen molar-refractivity contribution in [3.05, 3.63) is 198 Å². The first-order chi connectivity index (χ1) is 25.5. The van der Waals surface area contributed by atoms with E-state index in [1.54, 1.807) is 0 Å². The third kappa shape index (κ3) is 12.2. The second-order valence-corrected chi connectivity index (χ2v) is 17.9. The van der Waals surface area contributed by atoms with Gasteiger partial charge in [0.2, 0.25) is 0 Å². The Kier molecular flexibility index (Phi) is 16.0. The molecule has 7 aromatic carbocycles. The molecule has 0 aliphatic heterocycles. The van der Waals surface area contributed by atoms with Crippen molar-refractivity contribution in [2.24, 2.45) is 0 Å². The van der Waals surface area contributed by atoms with Crippen LogP contribution in [0.3, 0.4) is 0 Å². The summed E-state index contributed by atoms with van der Waals surface area (Å²) in [5.41, 5.74) is 11.0. The molecule has 0 amide bonds. The Balaban J connectivity index is 0.000000214. The van der Waals surface area contributed by atoms with Gasteiger partial charge in [0.25, 0.3) is 0 Å². The molecule has 0 fully saturated rings. The Bertz CT molecular complexity index is 2210. The molecule has 1 aliphatic carbocycles. The van der Waals surface area contributed by atoms with Crippen LogP contribution in [0.15, 0.2) is 170 Å². The van der Waals surface area contributed by atoms with Gasteiger partial charge in [-0.2, -0.15) is 6.08 Å². The molecule has 8 rings (SSSR count). The van der Waals surface area contributed by atoms with Gasteiger partial charge in [-0.3, -0.25) is 6.08 Å². The van der Waals surface area contributed by atoms with Gasteiger partial charge in [0, 0.05) is 0 Å². The fourth-order valence-electron chi connectivity index (χ4n) is 6.33. The molecule has 280 valence electrons. The van der Waals surface area contributed by atoms with Crippen molar-refractivity contribution in [1.29, 1.82) is 0 Å². The molecule has 0 aromatic heterocycles. The molecule has 55 heavy (non-hydrogen) atoms. The fourth-order valence-corrected chi connectivity index (χ4v) is 8.43. The average molecular weight is 839 g/mol. The molecule has 0 spiro atoms. The first-order valence-corrected chi connectivity index (χ1v) is 21.5. The van der Waals surface area contributed by atoms with E-state index in [-0.39, 0.29) is 35.6 Å². The van der Waals surface area contributed by atoms with E-state index < -0.39 is 22.3 Å². The summed E-state index contributed by atoms with van der Waals surface area (Å²) >= 11 is -0.679. The van der Waals surface area contributed by atoms with Gasteiger partial charge in [0.1, 0.15) is 0 Å². The van der Waals surface area contributed by atoms with Crippen LogP contribution in [0.4, 0.5) is 0 Å². The first kappa shape index (κ1) is 43.6. The van der Waals surface area contributed by atoms with Gasteiger partial charge in [-0.15, -0.1) is 71.0 Å². The van der Waals surface area contributed by atoms with Crippen molar-refractivity contribution in [2.75, 3.05) is 0 Å². The fraction of sp³-hybridized carbons (Fsp3) is 0.173. The van der Waals surface area contributed by atoms with Crippen LogP contribution in [0.25, 0.3) is 43.8 Å². The molecule has 0 bridgehead atoms. The van der Waals surface area contributed by atoms with Crippen molar-refractivity contribution in [3.8, 4) is 22.3 Å². The Morgan fingerprint density at radius 3 is 1.24 bits per heavy atom. The normalized spacial score (nSPS) is 11.6. The van der Waals surface area contributed by atoms with Crippen LogP contribution < -0.4 is 0 Å². The Labute approximate surface area is 352 Å². The van der Waals surface area contributed by atoms with Crippen molar-refractivity contribution in [2.45, 2.75) is 58.8 Å². The van der Waals surface area contributed by atoms with E-state index in [9.17, 15) is 0 Å². The molecule has 0 unspecified atom stereocenters. The number of rotatable bonds is 4. The van der Waals surface area contributed by atoms with Gasteiger partial charge in [0.15, 0.2) is 0 Å². The van der Waals surface area contributed by atoms with Crippen LogP contribution in [0.5, 0.6) is 0 Å². The predicted octanol–water partition coefficient (Wildman–Crippen LogP) is 14.6. The Hall–Kier alpha value is -4.13. The quantitative estimate of drug-likeness (QED) is 0.155. The Morgan fingerprint density at radius 1 is 0.509 bits per heavy atom. The molecule has 0 saturated carbocycles. The van der Waals surface area contributed by atoms with Crippen LogP contribution in [0.1, 0.15) is 70.2 Å². The van der Waals surface area contributed by atoms with Crippen molar-refractivity contribution >= 4 is 53.8 Å². The van der Waals surface area contributed by atoms with E-state index in [2.05, 4.69) is 213 Å². The van der Waals surface area contributed by atoms with Crippen molar-refractivity contribution in [1.82, 2.24) is 0 Å². The third-order valence-electron chi connectivity index (χ3n) is 9.56. The summed E-state index contributed by atoms with van der Waals surface area (Å²) in [5, 5.41) is 5.48. The first-order valence-electron chi connectivity index (χ1n) is 18.6. The molecule has 0 atom stereocenters. The monoisotopic (exact) mass is 836 g/mol. The molecule has 0 heterocycles. The molecule has 0 nitrogen and oxygen atoms in total. The summed E-state index contributed by atoms with van der Waals surface area (Å²) < 4.78 is 4.87. The standard InChI is InChI=1S/C21H25.2C13H10.C5H5.2ClH.Zr/c1-20(2,3)16-7-9-18-14(12-16)11-15-13-17(21(4,5)6)8-10-19(15)18;2*1-11-7-9-13(10-8-11)12-5-3-2-4-6-12;1-2-4-5-3-1;;;/h7-13H,1-6H3;2*1-10H;1-3H,4H2;2*1H;/q-1;;;-1;;;. The maximum atomic E-state index is 2.99. The molecule has 0 radical (unpaired) electrons. The van der Waals surface area contributed by atoms with Gasteiger partial charge in [0.05, 0.1) is 0 Å². The minimum absolute atomic E-state index is 0. The van der Waals surface area contributed by atoms with E-state index >= 15 is 0 Å². The molecular weight excluding hydrogens is 787 g/mol. The average Bonchev–Trinajstić information content (AvgIpc) is 3.88. The molecule has 3 heteroatoms. The van der Waals surface area contributed by atoms with Gasteiger partial charge in [-0.05, 0) is 10.8 Å². The van der Waals surface area contributed by atoms with Crippen LogP contribution in [-0.2, 0) is 33.1 Å². The summed E-state index contributed by atoms with van der Waals surface area (Å²) in [6, 6.07) is 55.0. The van der Waals surface area contributed by atoms with Crippen LogP contribution in [0, 0.1) is 6.08 Å². The van der Waals surface area contributed by atoms with Crippen LogP contribution in [0.2, 0.25) is 0 Å². The zero-order valence-electron chi connectivity index (χ0n) is 32.8. The summed E-state index contributed by atoms with van der Waals surface area (Å²) in [6.07, 6.45) is 10.0. The number of benzene rings is 6. The second-order valence-electron chi connectivity index (χ2n) is 15.7. The Morgan fingerprint density at radius 2 is 0.909 bits per heavy atom. The van der Waals surface area contributed by atoms with Crippen LogP contribution in [-0.4, -0.2) is 7.42 Å². The summed E-state index contributed by atoms with van der Waals surface area (Å²) in [5.74, 6) is 0. The molecule has 1 aliphatic rings. The molecule has 7 aromatic rings. The summed E-state index contributed by atoms with van der Waals surface area (Å²) in [6.45, 7) is 13.6.